The number of benzene rings is 2. The van der Waals surface area contributed by atoms with Gasteiger partial charge in [0.05, 0.1) is 21.3 Å². The van der Waals surface area contributed by atoms with Crippen molar-refractivity contribution in [2.45, 2.75) is 6.61 Å². The normalized spacial score (nSPS) is 10.4. The van der Waals surface area contributed by atoms with E-state index in [1.54, 1.807) is 18.2 Å². The molecule has 7 heteroatoms. The van der Waals surface area contributed by atoms with Crippen LogP contribution in [-0.4, -0.2) is 39.8 Å². The molecule has 0 unspecified atom stereocenters. The Hall–Kier alpha value is -3.48. The molecule has 1 N–H and O–H groups in total. The Morgan fingerprint density at radius 3 is 2.18 bits per heavy atom. The SMILES string of the molecule is COc1cc(/C=C/C(=O)NCC(=O)OCc2ccccc2)cc(OC)c1OC. The Kier molecular flexibility index (Phi) is 7.90. The van der Waals surface area contributed by atoms with Gasteiger partial charge in [-0.3, -0.25) is 9.59 Å². The Balaban J connectivity index is 1.88. The summed E-state index contributed by atoms with van der Waals surface area (Å²) in [4.78, 5) is 23.7. The second-order valence-electron chi connectivity index (χ2n) is 5.66. The summed E-state index contributed by atoms with van der Waals surface area (Å²) in [6.07, 6.45) is 2.89. The van der Waals surface area contributed by atoms with Crippen molar-refractivity contribution in [1.29, 1.82) is 0 Å². The highest BCUT2D eigenvalue weighted by molar-refractivity contribution is 5.93. The number of esters is 1. The second kappa shape index (κ2) is 10.6. The highest BCUT2D eigenvalue weighted by atomic mass is 16.5. The van der Waals surface area contributed by atoms with Crippen LogP contribution in [0.25, 0.3) is 6.08 Å². The minimum atomic E-state index is -0.515. The van der Waals surface area contributed by atoms with E-state index in [0.717, 1.165) is 5.56 Å². The fraction of sp³-hybridized carbons (Fsp3) is 0.238. The fourth-order valence-electron chi connectivity index (χ4n) is 2.38. The van der Waals surface area contributed by atoms with E-state index in [9.17, 15) is 9.59 Å². The van der Waals surface area contributed by atoms with Crippen LogP contribution < -0.4 is 19.5 Å². The van der Waals surface area contributed by atoms with Crippen LogP contribution in [0.5, 0.6) is 17.2 Å². The van der Waals surface area contributed by atoms with Gasteiger partial charge in [0.1, 0.15) is 13.2 Å². The van der Waals surface area contributed by atoms with Gasteiger partial charge in [0.25, 0.3) is 0 Å². The Labute approximate surface area is 163 Å². The average Bonchev–Trinajstić information content (AvgIpc) is 2.74. The van der Waals surface area contributed by atoms with Gasteiger partial charge in [-0.05, 0) is 29.3 Å². The number of hydrogen-bond acceptors (Lipinski definition) is 6. The summed E-state index contributed by atoms with van der Waals surface area (Å²) >= 11 is 0. The summed E-state index contributed by atoms with van der Waals surface area (Å²) in [6, 6.07) is 12.7. The molecule has 7 nitrogen and oxygen atoms in total. The van der Waals surface area contributed by atoms with Gasteiger partial charge in [-0.1, -0.05) is 30.3 Å². The van der Waals surface area contributed by atoms with Gasteiger partial charge in [-0.15, -0.1) is 0 Å². The van der Waals surface area contributed by atoms with Gasteiger partial charge >= 0.3 is 5.97 Å². The highest BCUT2D eigenvalue weighted by Crippen LogP contribution is 2.38. The third kappa shape index (κ3) is 6.05. The van der Waals surface area contributed by atoms with Crippen molar-refractivity contribution in [3.8, 4) is 17.2 Å². The lowest BCUT2D eigenvalue weighted by Gasteiger charge is -2.12. The molecule has 0 bridgehead atoms. The van der Waals surface area contributed by atoms with Gasteiger partial charge in [0.2, 0.25) is 11.7 Å². The number of nitrogens with one attached hydrogen (secondary N) is 1. The zero-order chi connectivity index (χ0) is 20.4. The Morgan fingerprint density at radius 1 is 0.964 bits per heavy atom. The Bertz CT molecular complexity index is 807. The van der Waals surface area contributed by atoms with Crippen molar-refractivity contribution in [1.82, 2.24) is 5.32 Å². The first-order chi connectivity index (χ1) is 13.6. The van der Waals surface area contributed by atoms with Crippen molar-refractivity contribution in [2.75, 3.05) is 27.9 Å². The maximum atomic E-state index is 11.9. The van der Waals surface area contributed by atoms with Gasteiger partial charge in [-0.2, -0.15) is 0 Å². The second-order valence-corrected chi connectivity index (χ2v) is 5.66. The number of rotatable bonds is 9. The first-order valence-corrected chi connectivity index (χ1v) is 8.52. The molecular formula is C21H23NO6. The molecule has 0 radical (unpaired) electrons. The summed E-state index contributed by atoms with van der Waals surface area (Å²) in [5, 5.41) is 2.48. The molecule has 0 heterocycles. The smallest absolute Gasteiger partial charge is 0.325 e. The molecule has 0 saturated carbocycles. The van der Waals surface area contributed by atoms with Crippen LogP contribution in [-0.2, 0) is 20.9 Å². The van der Waals surface area contributed by atoms with Crippen LogP contribution >= 0.6 is 0 Å². The highest BCUT2D eigenvalue weighted by Gasteiger charge is 2.12. The van der Waals surface area contributed by atoms with E-state index in [4.69, 9.17) is 18.9 Å². The van der Waals surface area contributed by atoms with Crippen LogP contribution in [0.15, 0.2) is 48.5 Å². The number of carbonyl (C=O) groups excluding carboxylic acids is 2. The molecular weight excluding hydrogens is 362 g/mol. The van der Waals surface area contributed by atoms with Crippen LogP contribution in [0.3, 0.4) is 0 Å². The third-order valence-electron chi connectivity index (χ3n) is 3.76. The van der Waals surface area contributed by atoms with Crippen molar-refractivity contribution in [2.24, 2.45) is 0 Å². The molecule has 1 amide bonds. The van der Waals surface area contributed by atoms with Crippen molar-refractivity contribution in [3.05, 3.63) is 59.7 Å². The van der Waals surface area contributed by atoms with Crippen molar-refractivity contribution >= 4 is 18.0 Å². The molecule has 148 valence electrons. The predicted molar refractivity (Wildman–Crippen MR) is 104 cm³/mol. The molecule has 0 aliphatic rings. The van der Waals surface area contributed by atoms with Crippen molar-refractivity contribution in [3.63, 3.8) is 0 Å². The molecule has 0 atom stereocenters. The number of methoxy groups -OCH3 is 3. The Morgan fingerprint density at radius 2 is 1.61 bits per heavy atom. The minimum absolute atomic E-state index is 0.164. The lowest BCUT2D eigenvalue weighted by atomic mass is 10.1. The van der Waals surface area contributed by atoms with Gasteiger partial charge in [0, 0.05) is 6.08 Å². The lowest BCUT2D eigenvalue weighted by Crippen LogP contribution is -2.29. The van der Waals surface area contributed by atoms with E-state index in [1.807, 2.05) is 30.3 Å². The monoisotopic (exact) mass is 385 g/mol. The molecule has 0 aromatic heterocycles. The van der Waals surface area contributed by atoms with Crippen LogP contribution in [0.2, 0.25) is 0 Å². The summed E-state index contributed by atoms with van der Waals surface area (Å²) < 4.78 is 20.9. The maximum Gasteiger partial charge on any atom is 0.325 e. The zero-order valence-electron chi connectivity index (χ0n) is 16.1. The lowest BCUT2D eigenvalue weighted by molar-refractivity contribution is -0.144. The molecule has 28 heavy (non-hydrogen) atoms. The van der Waals surface area contributed by atoms with Gasteiger partial charge in [0.15, 0.2) is 11.5 Å². The summed E-state index contributed by atoms with van der Waals surface area (Å²) in [5.74, 6) is 0.481. The number of carbonyl (C=O) groups is 2. The summed E-state index contributed by atoms with van der Waals surface area (Å²) in [6.45, 7) is -0.0535. The number of hydrogen-bond donors (Lipinski definition) is 1. The van der Waals surface area contributed by atoms with Crippen LogP contribution in [0.1, 0.15) is 11.1 Å². The molecule has 0 aliphatic heterocycles. The molecule has 2 aromatic rings. The fourth-order valence-corrected chi connectivity index (χ4v) is 2.38. The summed E-state index contributed by atoms with van der Waals surface area (Å²) in [5.41, 5.74) is 1.56. The van der Waals surface area contributed by atoms with E-state index in [-0.39, 0.29) is 13.2 Å². The third-order valence-corrected chi connectivity index (χ3v) is 3.76. The molecule has 0 fully saturated rings. The van der Waals surface area contributed by atoms with E-state index < -0.39 is 11.9 Å². The van der Waals surface area contributed by atoms with Crippen molar-refractivity contribution < 1.29 is 28.5 Å². The maximum absolute atomic E-state index is 11.9. The quantitative estimate of drug-likeness (QED) is 0.528. The molecule has 0 spiro atoms. The van der Waals surface area contributed by atoms with E-state index in [2.05, 4.69) is 5.32 Å². The largest absolute Gasteiger partial charge is 0.493 e. The van der Waals surface area contributed by atoms with Crippen LogP contribution in [0.4, 0.5) is 0 Å². The van der Waals surface area contributed by atoms with E-state index in [1.165, 1.54) is 27.4 Å². The first-order valence-electron chi connectivity index (χ1n) is 8.52. The van der Waals surface area contributed by atoms with Crippen LogP contribution in [0, 0.1) is 0 Å². The molecule has 0 saturated heterocycles. The predicted octanol–water partition coefficient (Wildman–Crippen LogP) is 2.59. The first kappa shape index (κ1) is 20.8. The topological polar surface area (TPSA) is 83.1 Å². The molecule has 0 aliphatic carbocycles. The number of amides is 1. The average molecular weight is 385 g/mol. The standard InChI is InChI=1S/C21H23NO6/c1-25-17-11-16(12-18(26-2)21(17)27-3)9-10-19(23)22-13-20(24)28-14-15-7-5-4-6-8-15/h4-12H,13-14H2,1-3H3,(H,22,23)/b10-9+. The summed E-state index contributed by atoms with van der Waals surface area (Å²) in [7, 11) is 4.54. The molecule has 2 rings (SSSR count). The van der Waals surface area contributed by atoms with E-state index in [0.29, 0.717) is 22.8 Å². The number of ether oxygens (including phenoxy) is 4. The van der Waals surface area contributed by atoms with Gasteiger partial charge in [-0.25, -0.2) is 0 Å². The van der Waals surface area contributed by atoms with Gasteiger partial charge < -0.3 is 24.3 Å². The van der Waals surface area contributed by atoms with E-state index >= 15 is 0 Å². The zero-order valence-corrected chi connectivity index (χ0v) is 16.1. The minimum Gasteiger partial charge on any atom is -0.493 e. The molecule has 2 aromatic carbocycles.